The lowest BCUT2D eigenvalue weighted by atomic mass is 10.2. The number of amides is 3. The molecule has 0 aromatic heterocycles. The van der Waals surface area contributed by atoms with Crippen LogP contribution >= 0.6 is 0 Å². The highest BCUT2D eigenvalue weighted by atomic mass is 16.5. The molecular weight excluding hydrogens is 336 g/mol. The second kappa shape index (κ2) is 9.44. The number of carbonyl (C=O) groups is 3. The summed E-state index contributed by atoms with van der Waals surface area (Å²) in [7, 11) is 0. The molecule has 0 aliphatic heterocycles. The molecule has 26 heavy (non-hydrogen) atoms. The Balaban J connectivity index is 1.65. The van der Waals surface area contributed by atoms with E-state index in [9.17, 15) is 14.4 Å². The van der Waals surface area contributed by atoms with E-state index >= 15 is 0 Å². The third-order valence-electron chi connectivity index (χ3n) is 3.14. The van der Waals surface area contributed by atoms with Crippen molar-refractivity contribution in [1.29, 1.82) is 5.26 Å². The minimum absolute atomic E-state index is 0.287. The molecular formula is C18H16N4O4. The van der Waals surface area contributed by atoms with Gasteiger partial charge in [-0.1, -0.05) is 18.2 Å². The van der Waals surface area contributed by atoms with Crippen LogP contribution in [0.15, 0.2) is 54.6 Å². The summed E-state index contributed by atoms with van der Waals surface area (Å²) in [6, 6.07) is 16.6. The third kappa shape index (κ3) is 5.98. The van der Waals surface area contributed by atoms with Crippen LogP contribution in [-0.4, -0.2) is 30.9 Å². The molecule has 0 saturated heterocycles. The van der Waals surface area contributed by atoms with Crippen LogP contribution in [0.2, 0.25) is 0 Å². The minimum Gasteiger partial charge on any atom is -0.484 e. The number of nitriles is 1. The summed E-state index contributed by atoms with van der Waals surface area (Å²) in [5, 5.41) is 11.1. The zero-order chi connectivity index (χ0) is 18.8. The van der Waals surface area contributed by atoms with E-state index in [1.54, 1.807) is 54.6 Å². The lowest BCUT2D eigenvalue weighted by Crippen LogP contribution is -2.47. The Kier molecular flexibility index (Phi) is 6.71. The van der Waals surface area contributed by atoms with E-state index in [-0.39, 0.29) is 13.2 Å². The monoisotopic (exact) mass is 352 g/mol. The van der Waals surface area contributed by atoms with Gasteiger partial charge < -0.3 is 10.1 Å². The molecule has 2 rings (SSSR count). The molecule has 0 aliphatic carbocycles. The van der Waals surface area contributed by atoms with Crippen LogP contribution in [0.5, 0.6) is 5.75 Å². The SMILES string of the molecule is N#Cc1ccc(OCC(=O)NNC(=O)CNC(=O)c2ccccc2)cc1. The smallest absolute Gasteiger partial charge is 0.276 e. The number of rotatable bonds is 6. The zero-order valence-electron chi connectivity index (χ0n) is 13.7. The van der Waals surface area contributed by atoms with Gasteiger partial charge in [0.15, 0.2) is 6.61 Å². The lowest BCUT2D eigenvalue weighted by molar-refractivity contribution is -0.129. The molecule has 3 amide bonds. The fraction of sp³-hybridized carbons (Fsp3) is 0.111. The molecule has 132 valence electrons. The summed E-state index contributed by atoms with van der Waals surface area (Å²) >= 11 is 0. The average Bonchev–Trinajstić information content (AvgIpc) is 2.69. The number of hydrazine groups is 1. The first-order valence-corrected chi connectivity index (χ1v) is 7.62. The van der Waals surface area contributed by atoms with Gasteiger partial charge in [0.05, 0.1) is 18.2 Å². The van der Waals surface area contributed by atoms with Gasteiger partial charge in [-0.05, 0) is 36.4 Å². The molecule has 0 spiro atoms. The van der Waals surface area contributed by atoms with Gasteiger partial charge in [0.1, 0.15) is 5.75 Å². The number of nitrogens with one attached hydrogen (secondary N) is 3. The molecule has 0 fully saturated rings. The van der Waals surface area contributed by atoms with E-state index < -0.39 is 17.7 Å². The van der Waals surface area contributed by atoms with Gasteiger partial charge >= 0.3 is 0 Å². The van der Waals surface area contributed by atoms with E-state index in [2.05, 4.69) is 16.2 Å². The van der Waals surface area contributed by atoms with E-state index in [1.165, 1.54) is 0 Å². The molecule has 0 saturated carbocycles. The first kappa shape index (κ1) is 18.5. The normalized spacial score (nSPS) is 9.50. The van der Waals surface area contributed by atoms with Gasteiger partial charge in [-0.25, -0.2) is 0 Å². The van der Waals surface area contributed by atoms with Crippen molar-refractivity contribution in [3.05, 3.63) is 65.7 Å². The maximum Gasteiger partial charge on any atom is 0.276 e. The van der Waals surface area contributed by atoms with Crippen molar-refractivity contribution >= 4 is 17.7 Å². The van der Waals surface area contributed by atoms with Gasteiger partial charge in [0.2, 0.25) is 0 Å². The highest BCUT2D eigenvalue weighted by molar-refractivity contribution is 5.96. The van der Waals surface area contributed by atoms with Crippen LogP contribution in [0.4, 0.5) is 0 Å². The number of hydrogen-bond acceptors (Lipinski definition) is 5. The highest BCUT2D eigenvalue weighted by Crippen LogP contribution is 2.10. The van der Waals surface area contributed by atoms with Crippen LogP contribution in [0.25, 0.3) is 0 Å². The largest absolute Gasteiger partial charge is 0.484 e. The van der Waals surface area contributed by atoms with Gasteiger partial charge in [0, 0.05) is 5.56 Å². The predicted octanol–water partition coefficient (Wildman–Crippen LogP) is 0.514. The Morgan fingerprint density at radius 3 is 2.23 bits per heavy atom. The van der Waals surface area contributed by atoms with Crippen molar-refractivity contribution in [3.63, 3.8) is 0 Å². The van der Waals surface area contributed by atoms with E-state index in [1.807, 2.05) is 6.07 Å². The Labute approximate surface area is 149 Å². The highest BCUT2D eigenvalue weighted by Gasteiger charge is 2.09. The lowest BCUT2D eigenvalue weighted by Gasteiger charge is -2.09. The van der Waals surface area contributed by atoms with Crippen LogP contribution in [0.1, 0.15) is 15.9 Å². The Morgan fingerprint density at radius 1 is 0.923 bits per heavy atom. The summed E-state index contributed by atoms with van der Waals surface area (Å²) in [6.45, 7) is -0.604. The van der Waals surface area contributed by atoms with Crippen LogP contribution in [0.3, 0.4) is 0 Å². The summed E-state index contributed by atoms with van der Waals surface area (Å²) < 4.78 is 5.21. The van der Waals surface area contributed by atoms with Crippen LogP contribution in [0, 0.1) is 11.3 Å². The second-order valence-electron chi connectivity index (χ2n) is 5.07. The van der Waals surface area contributed by atoms with Crippen molar-refractivity contribution in [3.8, 4) is 11.8 Å². The first-order chi connectivity index (χ1) is 12.6. The molecule has 0 atom stereocenters. The molecule has 8 heteroatoms. The third-order valence-corrected chi connectivity index (χ3v) is 3.14. The average molecular weight is 352 g/mol. The fourth-order valence-corrected chi connectivity index (χ4v) is 1.85. The van der Waals surface area contributed by atoms with Crippen molar-refractivity contribution in [2.45, 2.75) is 0 Å². The standard InChI is InChI=1S/C18H16N4O4/c19-10-13-6-8-15(9-7-13)26-12-17(24)22-21-16(23)11-20-18(25)14-4-2-1-3-5-14/h1-9H,11-12H2,(H,20,25)(H,21,23)(H,22,24). The number of carbonyl (C=O) groups excluding carboxylic acids is 3. The fourth-order valence-electron chi connectivity index (χ4n) is 1.85. The maximum absolute atomic E-state index is 11.8. The summed E-state index contributed by atoms with van der Waals surface area (Å²) in [5.74, 6) is -1.13. The molecule has 0 radical (unpaired) electrons. The van der Waals surface area contributed by atoms with Crippen molar-refractivity contribution in [2.75, 3.05) is 13.2 Å². The van der Waals surface area contributed by atoms with Crippen molar-refractivity contribution in [1.82, 2.24) is 16.2 Å². The Hall–Kier alpha value is -3.86. The topological polar surface area (TPSA) is 120 Å². The zero-order valence-corrected chi connectivity index (χ0v) is 13.7. The molecule has 0 aliphatic rings. The molecule has 3 N–H and O–H groups in total. The molecule has 0 heterocycles. The van der Waals surface area contributed by atoms with E-state index in [4.69, 9.17) is 10.00 Å². The quantitative estimate of drug-likeness (QED) is 0.655. The van der Waals surface area contributed by atoms with Crippen LogP contribution < -0.4 is 20.9 Å². The number of nitrogens with zero attached hydrogens (tertiary/aromatic N) is 1. The van der Waals surface area contributed by atoms with Gasteiger partial charge in [0.25, 0.3) is 17.7 Å². The molecule has 2 aromatic carbocycles. The molecule has 2 aromatic rings. The van der Waals surface area contributed by atoms with Gasteiger partial charge in [-0.2, -0.15) is 5.26 Å². The summed E-state index contributed by atoms with van der Waals surface area (Å²) in [6.07, 6.45) is 0. The molecule has 0 bridgehead atoms. The maximum atomic E-state index is 11.8. The van der Waals surface area contributed by atoms with Gasteiger partial charge in [-0.15, -0.1) is 0 Å². The molecule has 8 nitrogen and oxygen atoms in total. The number of ether oxygens (including phenoxy) is 1. The number of benzene rings is 2. The summed E-state index contributed by atoms with van der Waals surface area (Å²) in [4.78, 5) is 35.0. The molecule has 0 unspecified atom stereocenters. The Bertz CT molecular complexity index is 813. The van der Waals surface area contributed by atoms with E-state index in [0.717, 1.165) is 0 Å². The number of hydrogen-bond donors (Lipinski definition) is 3. The van der Waals surface area contributed by atoms with Crippen molar-refractivity contribution in [2.24, 2.45) is 0 Å². The first-order valence-electron chi connectivity index (χ1n) is 7.62. The van der Waals surface area contributed by atoms with Gasteiger partial charge in [-0.3, -0.25) is 25.2 Å². The van der Waals surface area contributed by atoms with Crippen LogP contribution in [-0.2, 0) is 9.59 Å². The second-order valence-corrected chi connectivity index (χ2v) is 5.07. The van der Waals surface area contributed by atoms with E-state index in [0.29, 0.717) is 16.9 Å². The predicted molar refractivity (Wildman–Crippen MR) is 91.7 cm³/mol. The van der Waals surface area contributed by atoms with Crippen molar-refractivity contribution < 1.29 is 19.1 Å². The summed E-state index contributed by atoms with van der Waals surface area (Å²) in [5.41, 5.74) is 5.25. The Morgan fingerprint density at radius 2 is 1.58 bits per heavy atom. The minimum atomic E-state index is -0.582.